The molecule has 1 aromatic heterocycles. The lowest BCUT2D eigenvalue weighted by atomic mass is 10.1. The number of aromatic nitrogens is 2. The molecule has 100 valence electrons. The van der Waals surface area contributed by atoms with Crippen molar-refractivity contribution in [3.63, 3.8) is 0 Å². The first-order chi connectivity index (χ1) is 9.25. The quantitative estimate of drug-likeness (QED) is 0.797. The van der Waals surface area contributed by atoms with E-state index in [4.69, 9.17) is 5.73 Å². The monoisotopic (exact) mass is 256 g/mol. The summed E-state index contributed by atoms with van der Waals surface area (Å²) >= 11 is 0. The largest absolute Gasteiger partial charge is 0.399 e. The van der Waals surface area contributed by atoms with Crippen LogP contribution in [0.15, 0.2) is 24.5 Å². The molecule has 0 spiro atoms. The van der Waals surface area contributed by atoms with Gasteiger partial charge in [-0.2, -0.15) is 0 Å². The van der Waals surface area contributed by atoms with Crippen LogP contribution < -0.4 is 10.6 Å². The van der Waals surface area contributed by atoms with Crippen LogP contribution in [0.5, 0.6) is 0 Å². The van der Waals surface area contributed by atoms with E-state index < -0.39 is 0 Å². The molecule has 1 saturated heterocycles. The van der Waals surface area contributed by atoms with Crippen LogP contribution in [0.4, 0.5) is 11.5 Å². The van der Waals surface area contributed by atoms with E-state index in [1.165, 1.54) is 25.7 Å². The van der Waals surface area contributed by atoms with Gasteiger partial charge in [0.15, 0.2) is 0 Å². The molecule has 0 aliphatic carbocycles. The van der Waals surface area contributed by atoms with E-state index in [0.717, 1.165) is 29.0 Å². The van der Waals surface area contributed by atoms with Crippen molar-refractivity contribution in [2.24, 2.45) is 0 Å². The molecule has 19 heavy (non-hydrogen) atoms. The summed E-state index contributed by atoms with van der Waals surface area (Å²) in [6.07, 6.45) is 6.74. The minimum absolute atomic E-state index is 0.530. The van der Waals surface area contributed by atoms with Crippen LogP contribution in [-0.2, 0) is 0 Å². The van der Waals surface area contributed by atoms with Gasteiger partial charge in [0.25, 0.3) is 0 Å². The number of hydrogen-bond donors (Lipinski definition) is 1. The standard InChI is InChI=1S/C15H20N4/c1-11-5-3-2-4-8-19(11)15-13-9-12(16)6-7-14(13)17-10-18-15/h6-7,9-11H,2-5,8,16H2,1H3. The predicted octanol–water partition coefficient (Wildman–Crippen LogP) is 2.98. The van der Waals surface area contributed by atoms with Crippen LogP contribution in [0, 0.1) is 0 Å². The maximum absolute atomic E-state index is 5.91. The number of nitrogen functional groups attached to an aromatic ring is 1. The molecule has 0 bridgehead atoms. The molecule has 1 aromatic carbocycles. The summed E-state index contributed by atoms with van der Waals surface area (Å²) in [5.74, 6) is 1.03. The Morgan fingerprint density at radius 1 is 1.21 bits per heavy atom. The summed E-state index contributed by atoms with van der Waals surface area (Å²) in [5, 5.41) is 1.07. The second kappa shape index (κ2) is 5.03. The van der Waals surface area contributed by atoms with Crippen molar-refractivity contribution in [1.29, 1.82) is 0 Å². The second-order valence-corrected chi connectivity index (χ2v) is 5.37. The average molecular weight is 256 g/mol. The van der Waals surface area contributed by atoms with E-state index in [-0.39, 0.29) is 0 Å². The molecule has 2 N–H and O–H groups in total. The minimum Gasteiger partial charge on any atom is -0.399 e. The van der Waals surface area contributed by atoms with Crippen LogP contribution in [0.3, 0.4) is 0 Å². The Morgan fingerprint density at radius 3 is 3.00 bits per heavy atom. The second-order valence-electron chi connectivity index (χ2n) is 5.37. The van der Waals surface area contributed by atoms with Crippen molar-refractivity contribution in [2.45, 2.75) is 38.6 Å². The first-order valence-corrected chi connectivity index (χ1v) is 7.02. The highest BCUT2D eigenvalue weighted by Crippen LogP contribution is 2.29. The third-order valence-corrected chi connectivity index (χ3v) is 3.96. The normalized spacial score (nSPS) is 20.5. The number of anilines is 2. The molecule has 3 rings (SSSR count). The summed E-state index contributed by atoms with van der Waals surface area (Å²) in [6.45, 7) is 3.35. The Balaban J connectivity index is 2.10. The Labute approximate surface area is 113 Å². The Kier molecular flexibility index (Phi) is 3.23. The Bertz CT molecular complexity index is 581. The van der Waals surface area contributed by atoms with Gasteiger partial charge in [0, 0.05) is 23.7 Å². The lowest BCUT2D eigenvalue weighted by molar-refractivity contribution is 0.612. The molecular weight excluding hydrogens is 236 g/mol. The van der Waals surface area contributed by atoms with Crippen LogP contribution in [0.2, 0.25) is 0 Å². The molecule has 1 unspecified atom stereocenters. The molecule has 2 heterocycles. The van der Waals surface area contributed by atoms with Crippen LogP contribution in [0.1, 0.15) is 32.6 Å². The van der Waals surface area contributed by atoms with Crippen molar-refractivity contribution in [3.05, 3.63) is 24.5 Å². The van der Waals surface area contributed by atoms with Crippen molar-refractivity contribution in [2.75, 3.05) is 17.2 Å². The van der Waals surface area contributed by atoms with Gasteiger partial charge >= 0.3 is 0 Å². The molecular formula is C15H20N4. The zero-order valence-corrected chi connectivity index (χ0v) is 11.3. The Hall–Kier alpha value is -1.84. The van der Waals surface area contributed by atoms with Crippen molar-refractivity contribution < 1.29 is 0 Å². The van der Waals surface area contributed by atoms with Crippen LogP contribution in [0.25, 0.3) is 10.9 Å². The lowest BCUT2D eigenvalue weighted by Gasteiger charge is -2.29. The number of fused-ring (bicyclic) bond motifs is 1. The summed E-state index contributed by atoms with van der Waals surface area (Å²) in [6, 6.07) is 6.38. The topological polar surface area (TPSA) is 55.0 Å². The third-order valence-electron chi connectivity index (χ3n) is 3.96. The van der Waals surface area contributed by atoms with Gasteiger partial charge in [-0.15, -0.1) is 0 Å². The molecule has 1 atom stereocenters. The van der Waals surface area contributed by atoms with Crippen molar-refractivity contribution in [3.8, 4) is 0 Å². The van der Waals surface area contributed by atoms with E-state index in [0.29, 0.717) is 6.04 Å². The number of nitrogens with two attached hydrogens (primary N) is 1. The SMILES string of the molecule is CC1CCCCCN1c1ncnc2ccc(N)cc12. The van der Waals surface area contributed by atoms with E-state index >= 15 is 0 Å². The zero-order valence-electron chi connectivity index (χ0n) is 11.3. The fourth-order valence-corrected chi connectivity index (χ4v) is 2.88. The summed E-state index contributed by atoms with van der Waals surface area (Å²) in [4.78, 5) is 11.3. The number of hydrogen-bond acceptors (Lipinski definition) is 4. The number of nitrogens with zero attached hydrogens (tertiary/aromatic N) is 3. The van der Waals surface area contributed by atoms with Gasteiger partial charge in [-0.1, -0.05) is 12.8 Å². The lowest BCUT2D eigenvalue weighted by Crippen LogP contribution is -2.33. The van der Waals surface area contributed by atoms with Crippen molar-refractivity contribution >= 4 is 22.4 Å². The van der Waals surface area contributed by atoms with E-state index in [2.05, 4.69) is 21.8 Å². The fraction of sp³-hybridized carbons (Fsp3) is 0.467. The summed E-state index contributed by atoms with van der Waals surface area (Å²) in [7, 11) is 0. The summed E-state index contributed by atoms with van der Waals surface area (Å²) < 4.78 is 0. The summed E-state index contributed by atoms with van der Waals surface area (Å²) in [5.41, 5.74) is 7.65. The van der Waals surface area contributed by atoms with E-state index in [1.54, 1.807) is 6.33 Å². The van der Waals surface area contributed by atoms with Crippen LogP contribution >= 0.6 is 0 Å². The molecule has 0 saturated carbocycles. The molecule has 0 amide bonds. The third kappa shape index (κ3) is 2.35. The Morgan fingerprint density at radius 2 is 2.11 bits per heavy atom. The van der Waals surface area contributed by atoms with Crippen LogP contribution in [-0.4, -0.2) is 22.6 Å². The first-order valence-electron chi connectivity index (χ1n) is 7.02. The molecule has 4 heteroatoms. The molecule has 1 aliphatic heterocycles. The van der Waals surface area contributed by atoms with Gasteiger partial charge in [0.2, 0.25) is 0 Å². The number of benzene rings is 1. The number of rotatable bonds is 1. The molecule has 0 radical (unpaired) electrons. The van der Waals surface area contributed by atoms with E-state index in [1.807, 2.05) is 18.2 Å². The highest BCUT2D eigenvalue weighted by Gasteiger charge is 2.20. The maximum atomic E-state index is 5.91. The van der Waals surface area contributed by atoms with Gasteiger partial charge < -0.3 is 10.6 Å². The minimum atomic E-state index is 0.530. The smallest absolute Gasteiger partial charge is 0.140 e. The van der Waals surface area contributed by atoms with Gasteiger partial charge in [-0.05, 0) is 38.0 Å². The van der Waals surface area contributed by atoms with Crippen molar-refractivity contribution in [1.82, 2.24) is 9.97 Å². The van der Waals surface area contributed by atoms with E-state index in [9.17, 15) is 0 Å². The molecule has 2 aromatic rings. The molecule has 1 aliphatic rings. The predicted molar refractivity (Wildman–Crippen MR) is 79.2 cm³/mol. The molecule has 1 fully saturated rings. The highest BCUT2D eigenvalue weighted by molar-refractivity contribution is 5.91. The highest BCUT2D eigenvalue weighted by atomic mass is 15.2. The molecule has 4 nitrogen and oxygen atoms in total. The zero-order chi connectivity index (χ0) is 13.2. The first kappa shape index (κ1) is 12.2. The van der Waals surface area contributed by atoms with Gasteiger partial charge in [0.05, 0.1) is 5.52 Å². The average Bonchev–Trinajstić information content (AvgIpc) is 2.63. The maximum Gasteiger partial charge on any atom is 0.140 e. The van der Waals surface area contributed by atoms with Gasteiger partial charge in [0.1, 0.15) is 12.1 Å². The van der Waals surface area contributed by atoms with Gasteiger partial charge in [-0.3, -0.25) is 0 Å². The fourth-order valence-electron chi connectivity index (χ4n) is 2.88. The van der Waals surface area contributed by atoms with Gasteiger partial charge in [-0.25, -0.2) is 9.97 Å².